The Kier molecular flexibility index (Phi) is 8.08. The third kappa shape index (κ3) is 6.45. The molecule has 2 aromatic carbocycles. The average molecular weight is 513 g/mol. The maximum Gasteiger partial charge on any atom is 0.386 e. The summed E-state index contributed by atoms with van der Waals surface area (Å²) in [6.07, 6.45) is 0.302. The van der Waals surface area contributed by atoms with Gasteiger partial charge in [-0.05, 0) is 80.4 Å². The van der Waals surface area contributed by atoms with E-state index in [0.29, 0.717) is 24.3 Å². The fourth-order valence-corrected chi connectivity index (χ4v) is 5.76. The second kappa shape index (κ2) is 10.8. The minimum atomic E-state index is -4.03. The van der Waals surface area contributed by atoms with Gasteiger partial charge in [0.25, 0.3) is 0 Å². The normalized spacial score (nSPS) is 25.7. The van der Waals surface area contributed by atoms with E-state index in [-0.39, 0.29) is 30.7 Å². The maximum atomic E-state index is 14.9. The molecule has 0 amide bonds. The second-order valence-corrected chi connectivity index (χ2v) is 10.9. The van der Waals surface area contributed by atoms with Crippen molar-refractivity contribution in [3.05, 3.63) is 59.2 Å². The summed E-state index contributed by atoms with van der Waals surface area (Å²) < 4.78 is 90.7. The van der Waals surface area contributed by atoms with Crippen LogP contribution in [0.25, 0.3) is 11.1 Å². The molecule has 0 atom stereocenters. The van der Waals surface area contributed by atoms with Gasteiger partial charge in [0.2, 0.25) is 5.92 Å². The summed E-state index contributed by atoms with van der Waals surface area (Å²) in [7, 11) is 0. The van der Waals surface area contributed by atoms with Gasteiger partial charge in [0.15, 0.2) is 11.6 Å². The fourth-order valence-electron chi connectivity index (χ4n) is 5.76. The molecule has 0 N–H and O–H groups in total. The van der Waals surface area contributed by atoms with E-state index in [1.807, 2.05) is 12.1 Å². The highest BCUT2D eigenvalue weighted by Gasteiger charge is 2.41. The average Bonchev–Trinajstić information content (AvgIpc) is 2.81. The summed E-state index contributed by atoms with van der Waals surface area (Å²) in [6.45, 7) is 3.09. The first-order valence-electron chi connectivity index (χ1n) is 12.9. The first-order valence-corrected chi connectivity index (χ1v) is 12.9. The number of benzene rings is 2. The molecule has 0 radical (unpaired) electrons. The SMILES string of the molecule is CC1CCC(c2ccc(-c3ccc(C(F)(F)OC4CCC(CC(C)(F)F)CC4)c(F)c3F)cc2)CC1. The summed E-state index contributed by atoms with van der Waals surface area (Å²) in [6, 6.07) is 9.25. The highest BCUT2D eigenvalue weighted by atomic mass is 19.3. The van der Waals surface area contributed by atoms with Crippen molar-refractivity contribution in [3.63, 3.8) is 0 Å². The lowest BCUT2D eigenvalue weighted by Crippen LogP contribution is -2.31. The molecule has 4 rings (SSSR count). The number of rotatable bonds is 7. The topological polar surface area (TPSA) is 9.23 Å². The van der Waals surface area contributed by atoms with Gasteiger partial charge in [0.1, 0.15) is 0 Å². The predicted octanol–water partition coefficient (Wildman–Crippen LogP) is 9.60. The Morgan fingerprint density at radius 1 is 0.778 bits per heavy atom. The van der Waals surface area contributed by atoms with E-state index in [9.17, 15) is 26.3 Å². The molecule has 0 saturated heterocycles. The smallest absolute Gasteiger partial charge is 0.313 e. The molecular weight excluding hydrogens is 478 g/mol. The molecule has 198 valence electrons. The summed E-state index contributed by atoms with van der Waals surface area (Å²) >= 11 is 0. The predicted molar refractivity (Wildman–Crippen MR) is 128 cm³/mol. The highest BCUT2D eigenvalue weighted by Crippen LogP contribution is 2.41. The van der Waals surface area contributed by atoms with Crippen molar-refractivity contribution >= 4 is 0 Å². The molecular formula is C29H34F6O. The molecule has 0 heterocycles. The zero-order valence-corrected chi connectivity index (χ0v) is 20.8. The molecule has 2 saturated carbocycles. The van der Waals surface area contributed by atoms with Crippen LogP contribution in [0, 0.1) is 23.5 Å². The summed E-state index contributed by atoms with van der Waals surface area (Å²) in [5.74, 6) is -4.88. The fraction of sp³-hybridized carbons (Fsp3) is 0.586. The molecule has 7 heteroatoms. The van der Waals surface area contributed by atoms with E-state index in [4.69, 9.17) is 4.74 Å². The van der Waals surface area contributed by atoms with Gasteiger partial charge in [0, 0.05) is 12.0 Å². The summed E-state index contributed by atoms with van der Waals surface area (Å²) in [4.78, 5) is 0. The van der Waals surface area contributed by atoms with Crippen LogP contribution in [0.15, 0.2) is 36.4 Å². The Labute approximate surface area is 209 Å². The maximum absolute atomic E-state index is 14.9. The van der Waals surface area contributed by atoms with E-state index in [1.54, 1.807) is 12.1 Å². The lowest BCUT2D eigenvalue weighted by atomic mass is 9.79. The van der Waals surface area contributed by atoms with Gasteiger partial charge in [-0.3, -0.25) is 0 Å². The van der Waals surface area contributed by atoms with Crippen molar-refractivity contribution in [1.82, 2.24) is 0 Å². The molecule has 1 nitrogen and oxygen atoms in total. The van der Waals surface area contributed by atoms with Crippen molar-refractivity contribution in [2.45, 2.75) is 95.7 Å². The summed E-state index contributed by atoms with van der Waals surface area (Å²) in [5, 5.41) is 0. The molecule has 0 aliphatic heterocycles. The van der Waals surface area contributed by atoms with Crippen LogP contribution in [-0.4, -0.2) is 12.0 Å². The first-order chi connectivity index (χ1) is 16.9. The molecule has 0 spiro atoms. The number of halogens is 6. The Hall–Kier alpha value is -2.02. The molecule has 2 aliphatic carbocycles. The molecule has 0 aromatic heterocycles. The molecule has 2 aliphatic rings. The van der Waals surface area contributed by atoms with E-state index >= 15 is 0 Å². The zero-order valence-electron chi connectivity index (χ0n) is 20.8. The lowest BCUT2D eigenvalue weighted by Gasteiger charge is -2.32. The third-order valence-corrected chi connectivity index (χ3v) is 7.86. The van der Waals surface area contributed by atoms with E-state index in [0.717, 1.165) is 43.4 Å². The van der Waals surface area contributed by atoms with Crippen LogP contribution >= 0.6 is 0 Å². The Bertz CT molecular complexity index is 1010. The molecule has 0 bridgehead atoms. The third-order valence-electron chi connectivity index (χ3n) is 7.86. The Morgan fingerprint density at radius 3 is 1.97 bits per heavy atom. The van der Waals surface area contributed by atoms with Crippen LogP contribution in [0.2, 0.25) is 0 Å². The van der Waals surface area contributed by atoms with Crippen LogP contribution in [0.1, 0.15) is 88.7 Å². The highest BCUT2D eigenvalue weighted by molar-refractivity contribution is 5.65. The van der Waals surface area contributed by atoms with Crippen LogP contribution in [-0.2, 0) is 10.8 Å². The van der Waals surface area contributed by atoms with Gasteiger partial charge in [-0.15, -0.1) is 0 Å². The minimum Gasteiger partial charge on any atom is -0.313 e. The molecule has 0 unspecified atom stereocenters. The first kappa shape index (κ1) is 27.0. The molecule has 2 fully saturated rings. The lowest BCUT2D eigenvalue weighted by molar-refractivity contribution is -0.279. The number of ether oxygens (including phenoxy) is 1. The number of hydrogen-bond donors (Lipinski definition) is 0. The van der Waals surface area contributed by atoms with Gasteiger partial charge in [-0.25, -0.2) is 17.6 Å². The van der Waals surface area contributed by atoms with Crippen LogP contribution < -0.4 is 0 Å². The summed E-state index contributed by atoms with van der Waals surface area (Å²) in [5.41, 5.74) is 0.331. The van der Waals surface area contributed by atoms with Crippen LogP contribution in [0.5, 0.6) is 0 Å². The largest absolute Gasteiger partial charge is 0.386 e. The van der Waals surface area contributed by atoms with Crippen molar-refractivity contribution in [3.8, 4) is 11.1 Å². The van der Waals surface area contributed by atoms with Crippen molar-refractivity contribution < 1.29 is 31.1 Å². The van der Waals surface area contributed by atoms with Crippen LogP contribution in [0.3, 0.4) is 0 Å². The van der Waals surface area contributed by atoms with E-state index in [2.05, 4.69) is 6.92 Å². The van der Waals surface area contributed by atoms with Gasteiger partial charge in [-0.1, -0.05) is 50.1 Å². The second-order valence-electron chi connectivity index (χ2n) is 10.9. The minimum absolute atomic E-state index is 0.0862. The Balaban J connectivity index is 1.43. The van der Waals surface area contributed by atoms with Crippen molar-refractivity contribution in [2.75, 3.05) is 0 Å². The number of alkyl halides is 4. The molecule has 36 heavy (non-hydrogen) atoms. The number of hydrogen-bond acceptors (Lipinski definition) is 1. The Morgan fingerprint density at radius 2 is 1.39 bits per heavy atom. The quantitative estimate of drug-likeness (QED) is 0.336. The standard InChI is InChI=1S/C29H34F6O/c1-18-3-7-20(8-4-18)21-9-11-22(12-10-21)24-15-16-25(27(31)26(24)30)29(34,35)36-23-13-5-19(6-14-23)17-28(2,32)33/h9-12,15-16,18-20,23H,3-8,13-14,17H2,1-2H3. The van der Waals surface area contributed by atoms with E-state index in [1.165, 1.54) is 12.8 Å². The van der Waals surface area contributed by atoms with Crippen molar-refractivity contribution in [1.29, 1.82) is 0 Å². The van der Waals surface area contributed by atoms with E-state index < -0.39 is 35.3 Å². The van der Waals surface area contributed by atoms with Crippen molar-refractivity contribution in [2.24, 2.45) is 11.8 Å². The monoisotopic (exact) mass is 512 g/mol. The van der Waals surface area contributed by atoms with Gasteiger partial charge in [-0.2, -0.15) is 8.78 Å². The van der Waals surface area contributed by atoms with Gasteiger partial charge >= 0.3 is 6.11 Å². The van der Waals surface area contributed by atoms with Crippen LogP contribution in [0.4, 0.5) is 26.3 Å². The zero-order chi connectivity index (χ0) is 26.1. The van der Waals surface area contributed by atoms with Gasteiger partial charge in [0.05, 0.1) is 11.7 Å². The molecule has 2 aromatic rings. The van der Waals surface area contributed by atoms with Gasteiger partial charge < -0.3 is 4.74 Å².